The molecule has 0 saturated carbocycles. The molecule has 1 fully saturated rings. The summed E-state index contributed by atoms with van der Waals surface area (Å²) in [5.41, 5.74) is 1.22. The van der Waals surface area contributed by atoms with Crippen molar-refractivity contribution in [3.8, 4) is 11.3 Å². The van der Waals surface area contributed by atoms with E-state index in [9.17, 15) is 22.0 Å². The highest BCUT2D eigenvalue weighted by Crippen LogP contribution is 2.25. The molecule has 1 N–H and O–H groups in total. The molecule has 2 aromatic rings. The molecule has 0 aliphatic carbocycles. The quantitative estimate of drug-likeness (QED) is 0.703. The minimum absolute atomic E-state index is 0.242. The summed E-state index contributed by atoms with van der Waals surface area (Å²) < 4.78 is 59.1. The number of carbonyl (C=O) groups excluding carboxylic acids is 1. The number of piperidine rings is 1. The number of aromatic nitrogens is 1. The molecule has 0 spiro atoms. The van der Waals surface area contributed by atoms with Gasteiger partial charge in [-0.25, -0.2) is 26.7 Å². The molecular formula is C22H27F2N3O4S. The number of pyridine rings is 1. The molecule has 3 rings (SSSR count). The summed E-state index contributed by atoms with van der Waals surface area (Å²) in [6.07, 6.45) is 1.65. The zero-order valence-corrected chi connectivity index (χ0v) is 19.0. The molecule has 2 heterocycles. The van der Waals surface area contributed by atoms with E-state index in [-0.39, 0.29) is 18.1 Å². The molecule has 7 nitrogen and oxygen atoms in total. The van der Waals surface area contributed by atoms with Crippen LogP contribution in [-0.2, 0) is 21.2 Å². The van der Waals surface area contributed by atoms with E-state index in [1.807, 2.05) is 0 Å². The average molecular weight is 468 g/mol. The Morgan fingerprint density at radius 2 is 1.94 bits per heavy atom. The number of sulfonamides is 1. The van der Waals surface area contributed by atoms with Crippen molar-refractivity contribution < 1.29 is 26.7 Å². The van der Waals surface area contributed by atoms with Crippen LogP contribution >= 0.6 is 0 Å². The minimum atomic E-state index is -3.51. The summed E-state index contributed by atoms with van der Waals surface area (Å²) in [7, 11) is -3.51. The van der Waals surface area contributed by atoms with Crippen molar-refractivity contribution >= 4 is 16.1 Å². The molecule has 174 valence electrons. The smallest absolute Gasteiger partial charge is 0.410 e. The number of nitrogens with one attached hydrogen (secondary N) is 1. The molecule has 0 bridgehead atoms. The van der Waals surface area contributed by atoms with Crippen LogP contribution in [0.3, 0.4) is 0 Å². The topological polar surface area (TPSA) is 88.6 Å². The van der Waals surface area contributed by atoms with Crippen LogP contribution in [-0.4, -0.2) is 55.4 Å². The molecule has 10 heteroatoms. The molecule has 2 atom stereocenters. The SMILES string of the molecule is CC(C)OC(=O)N1CCC[C@H](NS(C)(=O)=O)[C@@H]1Cc1cccc(-c2cc(F)cc(F)c2)n1. The van der Waals surface area contributed by atoms with Gasteiger partial charge in [0.15, 0.2) is 0 Å². The van der Waals surface area contributed by atoms with Crippen molar-refractivity contribution in [2.24, 2.45) is 0 Å². The average Bonchev–Trinajstić information content (AvgIpc) is 2.67. The maximum Gasteiger partial charge on any atom is 0.410 e. The normalized spacial score (nSPS) is 19.2. The fraction of sp³-hybridized carbons (Fsp3) is 0.455. The number of hydrogen-bond acceptors (Lipinski definition) is 5. The first kappa shape index (κ1) is 24.1. The molecule has 1 aliphatic heterocycles. The third-order valence-corrected chi connectivity index (χ3v) is 5.83. The predicted octanol–water partition coefficient (Wildman–Crippen LogP) is 3.50. The van der Waals surface area contributed by atoms with E-state index >= 15 is 0 Å². The number of likely N-dealkylation sites (tertiary alicyclic amines) is 1. The monoisotopic (exact) mass is 467 g/mol. The first-order chi connectivity index (χ1) is 15.0. The van der Waals surface area contributed by atoms with Gasteiger partial charge in [-0.1, -0.05) is 6.07 Å². The molecule has 1 aliphatic rings. The second-order valence-electron chi connectivity index (χ2n) is 8.21. The first-order valence-electron chi connectivity index (χ1n) is 10.4. The Hall–Kier alpha value is -2.59. The highest BCUT2D eigenvalue weighted by atomic mass is 32.2. The van der Waals surface area contributed by atoms with Gasteiger partial charge in [0.25, 0.3) is 0 Å². The van der Waals surface area contributed by atoms with Gasteiger partial charge in [-0.05, 0) is 51.0 Å². The van der Waals surface area contributed by atoms with E-state index in [2.05, 4.69) is 9.71 Å². The number of amides is 1. The molecule has 1 saturated heterocycles. The fourth-order valence-electron chi connectivity index (χ4n) is 3.89. The van der Waals surface area contributed by atoms with Gasteiger partial charge < -0.3 is 9.64 Å². The number of halogens is 2. The highest BCUT2D eigenvalue weighted by molar-refractivity contribution is 7.88. The van der Waals surface area contributed by atoms with E-state index in [1.54, 1.807) is 32.0 Å². The Labute approximate surface area is 186 Å². The molecule has 1 aromatic heterocycles. The van der Waals surface area contributed by atoms with Gasteiger partial charge in [0.05, 0.1) is 24.1 Å². The van der Waals surface area contributed by atoms with Crippen molar-refractivity contribution in [3.63, 3.8) is 0 Å². The zero-order valence-electron chi connectivity index (χ0n) is 18.2. The largest absolute Gasteiger partial charge is 0.447 e. The lowest BCUT2D eigenvalue weighted by Crippen LogP contribution is -2.58. The number of nitrogens with zero attached hydrogens (tertiary/aromatic N) is 2. The van der Waals surface area contributed by atoms with Gasteiger partial charge >= 0.3 is 6.09 Å². The molecule has 32 heavy (non-hydrogen) atoms. The van der Waals surface area contributed by atoms with Gasteiger partial charge in [-0.3, -0.25) is 4.98 Å². The summed E-state index contributed by atoms with van der Waals surface area (Å²) >= 11 is 0. The third kappa shape index (κ3) is 6.46. The standard InChI is InChI=1S/C22H27F2N3O4S/c1-14(2)31-22(28)27-9-5-8-20(26-32(3,29)30)21(27)13-18-6-4-7-19(25-18)15-10-16(23)12-17(24)11-15/h4,6-7,10-12,14,20-21,26H,5,8-9,13H2,1-3H3/t20-,21-/m0/s1. The van der Waals surface area contributed by atoms with Crippen LogP contribution in [0.15, 0.2) is 36.4 Å². The van der Waals surface area contributed by atoms with E-state index in [1.165, 1.54) is 17.0 Å². The van der Waals surface area contributed by atoms with Crippen LogP contribution in [0.1, 0.15) is 32.4 Å². The van der Waals surface area contributed by atoms with Gasteiger partial charge in [0, 0.05) is 36.3 Å². The minimum Gasteiger partial charge on any atom is -0.447 e. The Morgan fingerprint density at radius 1 is 1.25 bits per heavy atom. The van der Waals surface area contributed by atoms with Crippen molar-refractivity contribution in [2.45, 2.75) is 51.3 Å². The van der Waals surface area contributed by atoms with Gasteiger partial charge in [0.2, 0.25) is 10.0 Å². The van der Waals surface area contributed by atoms with Crippen LogP contribution in [0.25, 0.3) is 11.3 Å². The Kier molecular flexibility index (Phi) is 7.45. The summed E-state index contributed by atoms with van der Waals surface area (Å²) in [4.78, 5) is 18.8. The van der Waals surface area contributed by atoms with E-state index in [4.69, 9.17) is 4.74 Å². The highest BCUT2D eigenvalue weighted by Gasteiger charge is 2.37. The number of rotatable bonds is 6. The molecule has 1 amide bonds. The number of carbonyl (C=O) groups is 1. The summed E-state index contributed by atoms with van der Waals surface area (Å²) in [5.74, 6) is -1.42. The maximum absolute atomic E-state index is 13.6. The van der Waals surface area contributed by atoms with Crippen molar-refractivity contribution in [2.75, 3.05) is 12.8 Å². The number of ether oxygens (including phenoxy) is 1. The Morgan fingerprint density at radius 3 is 2.56 bits per heavy atom. The van der Waals surface area contributed by atoms with Crippen LogP contribution in [0.2, 0.25) is 0 Å². The second-order valence-corrected chi connectivity index (χ2v) is 9.99. The Balaban J connectivity index is 1.92. The van der Waals surface area contributed by atoms with E-state index in [0.717, 1.165) is 12.3 Å². The maximum atomic E-state index is 13.6. The first-order valence-corrected chi connectivity index (χ1v) is 12.3. The van der Waals surface area contributed by atoms with Crippen LogP contribution < -0.4 is 4.72 Å². The zero-order chi connectivity index (χ0) is 23.5. The van der Waals surface area contributed by atoms with Crippen molar-refractivity contribution in [1.82, 2.24) is 14.6 Å². The van der Waals surface area contributed by atoms with E-state index < -0.39 is 39.8 Å². The number of hydrogen-bond donors (Lipinski definition) is 1. The van der Waals surface area contributed by atoms with Crippen LogP contribution in [0, 0.1) is 11.6 Å². The summed E-state index contributed by atoms with van der Waals surface area (Å²) in [5, 5.41) is 0. The van der Waals surface area contributed by atoms with Crippen molar-refractivity contribution in [1.29, 1.82) is 0 Å². The number of benzene rings is 1. The molecule has 0 unspecified atom stereocenters. The molecule has 1 aromatic carbocycles. The third-order valence-electron chi connectivity index (χ3n) is 5.10. The molecular weight excluding hydrogens is 440 g/mol. The molecule has 0 radical (unpaired) electrons. The van der Waals surface area contributed by atoms with E-state index in [0.29, 0.717) is 30.8 Å². The van der Waals surface area contributed by atoms with Gasteiger partial charge in [-0.2, -0.15) is 0 Å². The lowest BCUT2D eigenvalue weighted by Gasteiger charge is -2.40. The fourth-order valence-corrected chi connectivity index (χ4v) is 4.71. The summed E-state index contributed by atoms with van der Waals surface area (Å²) in [6, 6.07) is 7.19. The van der Waals surface area contributed by atoms with Gasteiger partial charge in [0.1, 0.15) is 11.6 Å². The lowest BCUT2D eigenvalue weighted by atomic mass is 9.93. The predicted molar refractivity (Wildman–Crippen MR) is 116 cm³/mol. The van der Waals surface area contributed by atoms with Crippen LogP contribution in [0.5, 0.6) is 0 Å². The van der Waals surface area contributed by atoms with Gasteiger partial charge in [-0.15, -0.1) is 0 Å². The lowest BCUT2D eigenvalue weighted by molar-refractivity contribution is 0.0459. The Bertz CT molecular complexity index is 1060. The summed E-state index contributed by atoms with van der Waals surface area (Å²) in [6.45, 7) is 3.91. The second kappa shape index (κ2) is 9.91. The van der Waals surface area contributed by atoms with Crippen LogP contribution in [0.4, 0.5) is 13.6 Å². The van der Waals surface area contributed by atoms with Crippen molar-refractivity contribution in [3.05, 3.63) is 53.7 Å².